The van der Waals surface area contributed by atoms with Crippen LogP contribution in [-0.4, -0.2) is 4.57 Å². The Labute approximate surface area is 135 Å². The van der Waals surface area contributed by atoms with Crippen LogP contribution in [-0.2, 0) is 0 Å². The highest BCUT2D eigenvalue weighted by Gasteiger charge is 2.18. The second-order valence-corrected chi connectivity index (χ2v) is 5.71. The molecule has 2 aromatic carbocycles. The average molecular weight is 304 g/mol. The molecule has 2 nitrogen and oxygen atoms in total. The van der Waals surface area contributed by atoms with Crippen LogP contribution in [0.1, 0.15) is 25.6 Å². The Morgan fingerprint density at radius 1 is 1.09 bits per heavy atom. The van der Waals surface area contributed by atoms with Crippen LogP contribution in [0.3, 0.4) is 0 Å². The minimum absolute atomic E-state index is 0.243. The third-order valence-electron chi connectivity index (χ3n) is 3.91. The molecule has 0 bridgehead atoms. The van der Waals surface area contributed by atoms with Crippen molar-refractivity contribution in [3.05, 3.63) is 66.1 Å². The van der Waals surface area contributed by atoms with E-state index in [1.807, 2.05) is 18.2 Å². The summed E-state index contributed by atoms with van der Waals surface area (Å²) in [7, 11) is 0. The van der Waals surface area contributed by atoms with E-state index in [0.717, 1.165) is 27.7 Å². The van der Waals surface area contributed by atoms with E-state index in [1.165, 1.54) is 18.2 Å². The molecular formula is C20H17FN2. The molecular weight excluding hydrogens is 287 g/mol. The number of rotatable bonds is 3. The molecule has 1 heterocycles. The lowest BCUT2D eigenvalue weighted by Crippen LogP contribution is -2.02. The van der Waals surface area contributed by atoms with Gasteiger partial charge in [0.15, 0.2) is 0 Å². The number of hydrogen-bond acceptors (Lipinski definition) is 1. The van der Waals surface area contributed by atoms with Gasteiger partial charge in [0.25, 0.3) is 0 Å². The Bertz CT molecular complexity index is 909. The molecule has 0 saturated carbocycles. The van der Waals surface area contributed by atoms with Gasteiger partial charge in [-0.2, -0.15) is 5.26 Å². The van der Waals surface area contributed by atoms with Gasteiger partial charge in [0, 0.05) is 28.6 Å². The van der Waals surface area contributed by atoms with Crippen LogP contribution in [0.25, 0.3) is 28.1 Å². The summed E-state index contributed by atoms with van der Waals surface area (Å²) in [6.45, 7) is 4.23. The maximum atomic E-state index is 13.3. The molecule has 3 heteroatoms. The van der Waals surface area contributed by atoms with Gasteiger partial charge in [-0.25, -0.2) is 4.39 Å². The molecule has 3 aromatic rings. The van der Waals surface area contributed by atoms with Gasteiger partial charge in [0.05, 0.1) is 11.8 Å². The Hall–Kier alpha value is -2.86. The van der Waals surface area contributed by atoms with Crippen molar-refractivity contribution in [2.45, 2.75) is 19.9 Å². The molecule has 0 N–H and O–H groups in total. The van der Waals surface area contributed by atoms with E-state index in [-0.39, 0.29) is 11.9 Å². The first-order valence-electron chi connectivity index (χ1n) is 7.58. The van der Waals surface area contributed by atoms with Crippen molar-refractivity contribution >= 4 is 17.0 Å². The first-order chi connectivity index (χ1) is 11.1. The van der Waals surface area contributed by atoms with Gasteiger partial charge < -0.3 is 4.57 Å². The van der Waals surface area contributed by atoms with Crippen LogP contribution in [0, 0.1) is 17.1 Å². The van der Waals surface area contributed by atoms with Crippen LogP contribution in [0.15, 0.2) is 54.6 Å². The second-order valence-electron chi connectivity index (χ2n) is 5.71. The molecule has 3 rings (SSSR count). The molecule has 1 aromatic heterocycles. The lowest BCUT2D eigenvalue weighted by Gasteiger charge is -2.13. The minimum atomic E-state index is -0.254. The van der Waals surface area contributed by atoms with Crippen molar-refractivity contribution < 1.29 is 4.39 Å². The number of hydrogen-bond donors (Lipinski definition) is 0. The average Bonchev–Trinajstić information content (AvgIpc) is 2.88. The standard InChI is InChI=1S/C20H17FN2/c1-14(2)23-18-7-4-3-6-17(18)20(19(23)8-5-13-22)15-9-11-16(21)12-10-15/h3-12,14H,1-2H3/b8-5+. The zero-order chi connectivity index (χ0) is 16.4. The van der Waals surface area contributed by atoms with Gasteiger partial charge in [-0.3, -0.25) is 0 Å². The quantitative estimate of drug-likeness (QED) is 0.582. The second kappa shape index (κ2) is 6.10. The summed E-state index contributed by atoms with van der Waals surface area (Å²) in [5, 5.41) is 10.0. The summed E-state index contributed by atoms with van der Waals surface area (Å²) < 4.78 is 15.5. The molecule has 0 aliphatic carbocycles. The topological polar surface area (TPSA) is 28.7 Å². The number of aromatic nitrogens is 1. The Morgan fingerprint density at radius 2 is 1.78 bits per heavy atom. The molecule has 114 valence electrons. The van der Waals surface area contributed by atoms with Gasteiger partial charge in [-0.05, 0) is 43.7 Å². The van der Waals surface area contributed by atoms with Crippen molar-refractivity contribution in [3.8, 4) is 17.2 Å². The summed E-state index contributed by atoms with van der Waals surface area (Å²) in [5.41, 5.74) is 4.05. The fourth-order valence-corrected chi connectivity index (χ4v) is 3.04. The fourth-order valence-electron chi connectivity index (χ4n) is 3.04. The van der Waals surface area contributed by atoms with Crippen LogP contribution >= 0.6 is 0 Å². The van der Waals surface area contributed by atoms with E-state index < -0.39 is 0 Å². The summed E-state index contributed by atoms with van der Waals surface area (Å²) in [4.78, 5) is 0. The third-order valence-corrected chi connectivity index (χ3v) is 3.91. The molecule has 0 amide bonds. The van der Waals surface area contributed by atoms with Crippen LogP contribution < -0.4 is 0 Å². The molecule has 0 fully saturated rings. The summed E-state index contributed by atoms with van der Waals surface area (Å²) in [5.74, 6) is -0.254. The van der Waals surface area contributed by atoms with Gasteiger partial charge in [0.1, 0.15) is 5.82 Å². The number of benzene rings is 2. The Morgan fingerprint density at radius 3 is 2.43 bits per heavy atom. The lowest BCUT2D eigenvalue weighted by atomic mass is 10.0. The van der Waals surface area contributed by atoms with Crippen molar-refractivity contribution in [1.29, 1.82) is 5.26 Å². The van der Waals surface area contributed by atoms with Gasteiger partial charge in [0.2, 0.25) is 0 Å². The number of fused-ring (bicyclic) bond motifs is 1. The summed E-state index contributed by atoms with van der Waals surface area (Å²) >= 11 is 0. The molecule has 0 saturated heterocycles. The Kier molecular flexibility index (Phi) is 3.99. The van der Waals surface area contributed by atoms with Crippen molar-refractivity contribution in [2.24, 2.45) is 0 Å². The molecule has 0 unspecified atom stereocenters. The van der Waals surface area contributed by atoms with E-state index in [1.54, 1.807) is 12.1 Å². The van der Waals surface area contributed by atoms with E-state index in [4.69, 9.17) is 5.26 Å². The van der Waals surface area contributed by atoms with Crippen molar-refractivity contribution in [2.75, 3.05) is 0 Å². The van der Waals surface area contributed by atoms with Crippen LogP contribution in [0.4, 0.5) is 4.39 Å². The van der Waals surface area contributed by atoms with E-state index in [0.29, 0.717) is 0 Å². The molecule has 0 aliphatic rings. The molecule has 0 radical (unpaired) electrons. The van der Waals surface area contributed by atoms with E-state index in [2.05, 4.69) is 36.6 Å². The monoisotopic (exact) mass is 304 g/mol. The molecule has 0 aliphatic heterocycles. The summed E-state index contributed by atoms with van der Waals surface area (Å²) in [6.07, 6.45) is 3.32. The number of nitriles is 1. The van der Waals surface area contributed by atoms with Crippen LogP contribution in [0.5, 0.6) is 0 Å². The molecule has 0 spiro atoms. The van der Waals surface area contributed by atoms with Gasteiger partial charge in [-0.1, -0.05) is 30.3 Å². The number of allylic oxidation sites excluding steroid dienone is 1. The molecule has 23 heavy (non-hydrogen) atoms. The predicted molar refractivity (Wildman–Crippen MR) is 92.4 cm³/mol. The van der Waals surface area contributed by atoms with Crippen LogP contribution in [0.2, 0.25) is 0 Å². The first kappa shape index (κ1) is 15.1. The van der Waals surface area contributed by atoms with Crippen molar-refractivity contribution in [1.82, 2.24) is 4.57 Å². The normalized spacial score (nSPS) is 11.4. The first-order valence-corrected chi connectivity index (χ1v) is 7.58. The zero-order valence-corrected chi connectivity index (χ0v) is 13.1. The van der Waals surface area contributed by atoms with Crippen molar-refractivity contribution in [3.63, 3.8) is 0 Å². The third kappa shape index (κ3) is 2.64. The number of nitrogens with zero attached hydrogens (tertiary/aromatic N) is 2. The number of para-hydroxylation sites is 1. The smallest absolute Gasteiger partial charge is 0.123 e. The van der Waals surface area contributed by atoms with E-state index in [9.17, 15) is 4.39 Å². The minimum Gasteiger partial charge on any atom is -0.338 e. The maximum absolute atomic E-state index is 13.3. The largest absolute Gasteiger partial charge is 0.338 e. The molecule has 0 atom stereocenters. The fraction of sp³-hybridized carbons (Fsp3) is 0.150. The highest BCUT2D eigenvalue weighted by Crippen LogP contribution is 2.37. The highest BCUT2D eigenvalue weighted by molar-refractivity contribution is 6.01. The maximum Gasteiger partial charge on any atom is 0.123 e. The van der Waals surface area contributed by atoms with E-state index >= 15 is 0 Å². The zero-order valence-electron chi connectivity index (χ0n) is 13.1. The summed E-state index contributed by atoms with van der Waals surface area (Å²) in [6, 6.07) is 17.0. The van der Waals surface area contributed by atoms with Gasteiger partial charge in [-0.15, -0.1) is 0 Å². The predicted octanol–water partition coefficient (Wildman–Crippen LogP) is 5.57. The number of halogens is 1. The Balaban J connectivity index is 2.41. The highest BCUT2D eigenvalue weighted by atomic mass is 19.1. The SMILES string of the molecule is CC(C)n1c(/C=C/C#N)c(-c2ccc(F)cc2)c2ccccc21. The lowest BCUT2D eigenvalue weighted by molar-refractivity contribution is 0.619. The van der Waals surface area contributed by atoms with Gasteiger partial charge >= 0.3 is 0 Å².